The van der Waals surface area contributed by atoms with Crippen LogP contribution in [0.5, 0.6) is 0 Å². The third kappa shape index (κ3) is 11.2. The van der Waals surface area contributed by atoms with E-state index in [1.54, 1.807) is 71.3 Å². The summed E-state index contributed by atoms with van der Waals surface area (Å²) in [6.45, 7) is 5.90. The molecule has 4 aromatic heterocycles. The van der Waals surface area contributed by atoms with Gasteiger partial charge in [0.1, 0.15) is 36.0 Å². The Bertz CT molecular complexity index is 2640. The van der Waals surface area contributed by atoms with Crippen molar-refractivity contribution >= 4 is 84.1 Å². The molecule has 0 aliphatic rings. The number of amides is 1. The minimum Gasteiger partial charge on any atom is -0.444 e. The van der Waals surface area contributed by atoms with Crippen LogP contribution in [-0.4, -0.2) is 57.5 Å². The number of thiophene rings is 2. The molecule has 1 N–H and O–H groups in total. The number of sulfone groups is 2. The Balaban J connectivity index is 0.000000259. The molecule has 1 amide bonds. The number of pyridine rings is 2. The van der Waals surface area contributed by atoms with Crippen LogP contribution in [0, 0.1) is 11.6 Å². The maximum absolute atomic E-state index is 13.8. The molecule has 0 spiro atoms. The fourth-order valence-corrected chi connectivity index (χ4v) is 12.1. The highest BCUT2D eigenvalue weighted by molar-refractivity contribution is 7.94. The van der Waals surface area contributed by atoms with Crippen LogP contribution in [0.2, 0.25) is 10.3 Å². The summed E-state index contributed by atoms with van der Waals surface area (Å²) in [7, 11) is -4.62. The number of rotatable bonds is 10. The smallest absolute Gasteiger partial charge is 0.410 e. The van der Waals surface area contributed by atoms with E-state index in [0.29, 0.717) is 33.7 Å². The van der Waals surface area contributed by atoms with E-state index in [1.807, 2.05) is 0 Å². The minimum atomic E-state index is -4.06. The average molecular weight is 930 g/mol. The topological polar surface area (TPSA) is 136 Å². The standard InChI is InChI=1S/C22H22ClFN2O4S2.C17H14ClFN2O2S2.ClH/c1-22(2,3)30-21(27)26(4)13-15-12-18(17-9-6-10-25-19(17)23)20(31-15)32(28,29)16-8-5-7-14(24)11-16;1-20-10-12-9-15(14-6-3-7-21-16(14)18)17(24-12)25(22,23)13-5-2-4-11(19)8-13;/h5-12H,13H2,1-4H3;2-9,20H,10H2,1H3;1H. The number of carbonyl (C=O) groups excluding carboxylic acids is 1. The molecule has 0 bridgehead atoms. The number of benzene rings is 2. The van der Waals surface area contributed by atoms with E-state index < -0.39 is 43.0 Å². The van der Waals surface area contributed by atoms with Crippen molar-refractivity contribution in [3.8, 4) is 22.3 Å². The van der Waals surface area contributed by atoms with Crippen LogP contribution < -0.4 is 5.32 Å². The number of halogens is 5. The number of aromatic nitrogens is 2. The predicted octanol–water partition coefficient (Wildman–Crippen LogP) is 10.4. The zero-order valence-electron chi connectivity index (χ0n) is 31.5. The first kappa shape index (κ1) is 46.7. The van der Waals surface area contributed by atoms with Crippen molar-refractivity contribution in [1.29, 1.82) is 0 Å². The molecule has 0 radical (unpaired) electrons. The van der Waals surface area contributed by atoms with Crippen molar-refractivity contribution in [2.45, 2.75) is 57.7 Å². The summed E-state index contributed by atoms with van der Waals surface area (Å²) in [5.41, 5.74) is 1.09. The average Bonchev–Trinajstić information content (AvgIpc) is 3.77. The second kappa shape index (κ2) is 19.4. The van der Waals surface area contributed by atoms with Gasteiger partial charge in [0.15, 0.2) is 0 Å². The Morgan fingerprint density at radius 1 is 0.741 bits per heavy atom. The maximum Gasteiger partial charge on any atom is 0.410 e. The quantitative estimate of drug-likeness (QED) is 0.133. The van der Waals surface area contributed by atoms with E-state index in [2.05, 4.69) is 15.3 Å². The monoisotopic (exact) mass is 928 g/mol. The summed E-state index contributed by atoms with van der Waals surface area (Å²) in [4.78, 5) is 22.9. The van der Waals surface area contributed by atoms with E-state index in [-0.39, 0.29) is 47.5 Å². The molecular formula is C39H37Cl3F2N4O6S4. The van der Waals surface area contributed by atoms with Gasteiger partial charge in [-0.15, -0.1) is 35.1 Å². The second-order valence-electron chi connectivity index (χ2n) is 13.3. The van der Waals surface area contributed by atoms with Crippen LogP contribution in [-0.2, 0) is 37.5 Å². The van der Waals surface area contributed by atoms with Gasteiger partial charge in [-0.05, 0) is 101 Å². The lowest BCUT2D eigenvalue weighted by Crippen LogP contribution is -2.33. The lowest BCUT2D eigenvalue weighted by atomic mass is 10.1. The summed E-state index contributed by atoms with van der Waals surface area (Å²) >= 11 is 14.5. The van der Waals surface area contributed by atoms with Gasteiger partial charge in [0.05, 0.1) is 16.3 Å². The number of carbonyl (C=O) groups is 1. The molecule has 6 rings (SSSR count). The van der Waals surface area contributed by atoms with Crippen LogP contribution >= 0.6 is 58.3 Å². The minimum absolute atomic E-state index is 0. The summed E-state index contributed by atoms with van der Waals surface area (Å²) in [5, 5.41) is 3.35. The number of hydrogen-bond donors (Lipinski definition) is 1. The zero-order chi connectivity index (χ0) is 41.7. The Labute approximate surface area is 360 Å². The Morgan fingerprint density at radius 3 is 1.60 bits per heavy atom. The van der Waals surface area contributed by atoms with Gasteiger partial charge in [-0.25, -0.2) is 40.4 Å². The SMILES string of the molecule is CN(Cc1cc(-c2cccnc2Cl)c(S(=O)(=O)c2cccc(F)c2)s1)C(=O)OC(C)(C)C.CNCc1cc(-c2cccnc2Cl)c(S(=O)(=O)c2cccc(F)c2)s1.Cl. The van der Waals surface area contributed by atoms with Gasteiger partial charge in [0.2, 0.25) is 19.7 Å². The largest absolute Gasteiger partial charge is 0.444 e. The first-order valence-electron chi connectivity index (χ1n) is 16.9. The molecule has 4 heterocycles. The molecule has 0 unspecified atom stereocenters. The van der Waals surface area contributed by atoms with E-state index in [9.17, 15) is 30.4 Å². The number of nitrogens with zero attached hydrogens (tertiary/aromatic N) is 3. The van der Waals surface area contributed by atoms with E-state index >= 15 is 0 Å². The molecule has 10 nitrogen and oxygen atoms in total. The molecule has 0 atom stereocenters. The van der Waals surface area contributed by atoms with Crippen LogP contribution in [0.15, 0.2) is 116 Å². The Kier molecular flexibility index (Phi) is 15.6. The van der Waals surface area contributed by atoms with Crippen molar-refractivity contribution in [2.24, 2.45) is 0 Å². The lowest BCUT2D eigenvalue weighted by molar-refractivity contribution is 0.0286. The second-order valence-corrected chi connectivity index (χ2v) is 20.6. The predicted molar refractivity (Wildman–Crippen MR) is 227 cm³/mol. The first-order chi connectivity index (χ1) is 26.8. The first-order valence-corrected chi connectivity index (χ1v) is 22.2. The van der Waals surface area contributed by atoms with Crippen LogP contribution in [0.3, 0.4) is 0 Å². The van der Waals surface area contributed by atoms with E-state index in [4.69, 9.17) is 27.9 Å². The van der Waals surface area contributed by atoms with Crippen molar-refractivity contribution in [3.05, 3.63) is 129 Å². The molecular weight excluding hydrogens is 893 g/mol. The van der Waals surface area contributed by atoms with Crippen molar-refractivity contribution in [2.75, 3.05) is 14.1 Å². The number of ether oxygens (including phenoxy) is 1. The Hall–Kier alpha value is -4.00. The number of nitrogens with one attached hydrogen (secondary N) is 1. The Morgan fingerprint density at radius 2 is 1.19 bits per heavy atom. The van der Waals surface area contributed by atoms with Crippen molar-refractivity contribution in [3.63, 3.8) is 0 Å². The van der Waals surface area contributed by atoms with Crippen LogP contribution in [0.4, 0.5) is 13.6 Å². The van der Waals surface area contributed by atoms with Gasteiger partial charge < -0.3 is 15.0 Å². The summed E-state index contributed by atoms with van der Waals surface area (Å²) in [6.07, 6.45) is 2.49. The molecule has 19 heteroatoms. The van der Waals surface area contributed by atoms with Gasteiger partial charge in [-0.2, -0.15) is 0 Å². The number of hydrogen-bond acceptors (Lipinski definition) is 11. The van der Waals surface area contributed by atoms with Crippen LogP contribution in [0.1, 0.15) is 30.5 Å². The third-order valence-corrected chi connectivity index (χ3v) is 15.2. The van der Waals surface area contributed by atoms with Crippen LogP contribution in [0.25, 0.3) is 22.3 Å². The highest BCUT2D eigenvalue weighted by Gasteiger charge is 2.29. The summed E-state index contributed by atoms with van der Waals surface area (Å²) in [6, 6.07) is 19.9. The van der Waals surface area contributed by atoms with E-state index in [1.165, 1.54) is 53.7 Å². The van der Waals surface area contributed by atoms with E-state index in [0.717, 1.165) is 39.7 Å². The van der Waals surface area contributed by atoms with Crippen molar-refractivity contribution in [1.82, 2.24) is 20.2 Å². The fraction of sp³-hybridized carbons (Fsp3) is 0.205. The van der Waals surface area contributed by atoms with Gasteiger partial charge >= 0.3 is 6.09 Å². The van der Waals surface area contributed by atoms with Gasteiger partial charge in [0.25, 0.3) is 0 Å². The molecule has 0 aliphatic heterocycles. The van der Waals surface area contributed by atoms with Gasteiger partial charge in [-0.3, -0.25) is 0 Å². The third-order valence-electron chi connectivity index (χ3n) is 7.75. The lowest BCUT2D eigenvalue weighted by Gasteiger charge is -2.24. The summed E-state index contributed by atoms with van der Waals surface area (Å²) < 4.78 is 85.7. The van der Waals surface area contributed by atoms with Gasteiger partial charge in [-0.1, -0.05) is 35.3 Å². The molecule has 0 aliphatic carbocycles. The highest BCUT2D eigenvalue weighted by Crippen LogP contribution is 2.42. The van der Waals surface area contributed by atoms with Crippen molar-refractivity contribution < 1.29 is 35.1 Å². The zero-order valence-corrected chi connectivity index (χ0v) is 37.1. The molecule has 0 saturated heterocycles. The molecule has 58 heavy (non-hydrogen) atoms. The highest BCUT2D eigenvalue weighted by atomic mass is 35.5. The molecule has 2 aromatic carbocycles. The maximum atomic E-state index is 13.8. The van der Waals surface area contributed by atoms with Gasteiger partial charge in [0, 0.05) is 58.0 Å². The molecule has 308 valence electrons. The molecule has 0 fully saturated rings. The molecule has 0 saturated carbocycles. The summed E-state index contributed by atoms with van der Waals surface area (Å²) in [5.74, 6) is -1.26. The fourth-order valence-electron chi connectivity index (χ4n) is 5.26. The normalized spacial score (nSPS) is 11.6. The molecule has 6 aromatic rings.